The first-order valence-electron chi connectivity index (χ1n) is 6.70. The van der Waals surface area contributed by atoms with Crippen LogP contribution < -0.4 is 5.32 Å². The van der Waals surface area contributed by atoms with Gasteiger partial charge in [-0.3, -0.25) is 0 Å². The molecule has 0 bridgehead atoms. The summed E-state index contributed by atoms with van der Waals surface area (Å²) in [4.78, 5) is 1.96. The minimum absolute atomic E-state index is 0.134. The van der Waals surface area contributed by atoms with Crippen molar-refractivity contribution in [2.75, 3.05) is 27.2 Å². The van der Waals surface area contributed by atoms with Crippen molar-refractivity contribution >= 4 is 0 Å². The molecule has 0 spiro atoms. The van der Waals surface area contributed by atoms with E-state index in [1.165, 1.54) is 12.1 Å². The topological polar surface area (TPSA) is 35.5 Å². The van der Waals surface area contributed by atoms with E-state index in [-0.39, 0.29) is 11.9 Å². The zero-order valence-electron chi connectivity index (χ0n) is 12.3. The van der Waals surface area contributed by atoms with Crippen LogP contribution >= 0.6 is 0 Å². The SMILES string of the molecule is CCC(NCC(C)(O)CN(C)C)c1ccc(F)cc1. The van der Waals surface area contributed by atoms with Crippen molar-refractivity contribution in [3.05, 3.63) is 35.6 Å². The number of aliphatic hydroxyl groups is 1. The molecule has 108 valence electrons. The summed E-state index contributed by atoms with van der Waals surface area (Å²) in [6.07, 6.45) is 0.893. The van der Waals surface area contributed by atoms with Crippen LogP contribution in [-0.4, -0.2) is 42.8 Å². The predicted octanol–water partition coefficient (Wildman–Crippen LogP) is 2.18. The molecule has 0 heterocycles. The number of likely N-dealkylation sites (N-methyl/N-ethyl adjacent to an activating group) is 1. The van der Waals surface area contributed by atoms with Gasteiger partial charge in [-0.2, -0.15) is 0 Å². The van der Waals surface area contributed by atoms with Gasteiger partial charge in [0, 0.05) is 19.1 Å². The molecule has 0 amide bonds. The lowest BCUT2D eigenvalue weighted by Gasteiger charge is -2.29. The lowest BCUT2D eigenvalue weighted by molar-refractivity contribution is 0.0311. The van der Waals surface area contributed by atoms with E-state index >= 15 is 0 Å². The van der Waals surface area contributed by atoms with Crippen LogP contribution in [0.25, 0.3) is 0 Å². The van der Waals surface area contributed by atoms with Gasteiger partial charge in [0.2, 0.25) is 0 Å². The minimum Gasteiger partial charge on any atom is -0.388 e. The monoisotopic (exact) mass is 268 g/mol. The highest BCUT2D eigenvalue weighted by atomic mass is 19.1. The fraction of sp³-hybridized carbons (Fsp3) is 0.600. The van der Waals surface area contributed by atoms with E-state index < -0.39 is 5.60 Å². The summed E-state index contributed by atoms with van der Waals surface area (Å²) in [5, 5.41) is 13.6. The summed E-state index contributed by atoms with van der Waals surface area (Å²) >= 11 is 0. The molecule has 0 aliphatic carbocycles. The first-order valence-corrected chi connectivity index (χ1v) is 6.70. The average molecular weight is 268 g/mol. The fourth-order valence-corrected chi connectivity index (χ4v) is 2.27. The molecular formula is C15H25FN2O. The smallest absolute Gasteiger partial charge is 0.123 e. The largest absolute Gasteiger partial charge is 0.388 e. The second-order valence-electron chi connectivity index (χ2n) is 5.63. The molecule has 2 unspecified atom stereocenters. The van der Waals surface area contributed by atoms with Crippen LogP contribution in [0, 0.1) is 5.82 Å². The molecule has 0 aromatic heterocycles. The first kappa shape index (κ1) is 16.1. The van der Waals surface area contributed by atoms with Gasteiger partial charge >= 0.3 is 0 Å². The lowest BCUT2D eigenvalue weighted by atomic mass is 10.0. The molecule has 2 atom stereocenters. The third kappa shape index (κ3) is 5.68. The quantitative estimate of drug-likeness (QED) is 0.795. The molecule has 3 nitrogen and oxygen atoms in total. The van der Waals surface area contributed by atoms with Gasteiger partial charge in [0.25, 0.3) is 0 Å². The number of hydrogen-bond donors (Lipinski definition) is 2. The number of hydrogen-bond acceptors (Lipinski definition) is 3. The molecule has 2 N–H and O–H groups in total. The van der Waals surface area contributed by atoms with E-state index in [0.717, 1.165) is 12.0 Å². The van der Waals surface area contributed by atoms with Crippen LogP contribution in [0.5, 0.6) is 0 Å². The van der Waals surface area contributed by atoms with Gasteiger partial charge in [-0.25, -0.2) is 4.39 Å². The molecular weight excluding hydrogens is 243 g/mol. The lowest BCUT2D eigenvalue weighted by Crippen LogP contribution is -2.46. The molecule has 0 aliphatic rings. The van der Waals surface area contributed by atoms with Crippen LogP contribution in [0.2, 0.25) is 0 Å². The Balaban J connectivity index is 2.60. The molecule has 0 saturated carbocycles. The zero-order chi connectivity index (χ0) is 14.5. The van der Waals surface area contributed by atoms with Gasteiger partial charge in [-0.1, -0.05) is 19.1 Å². The standard InChI is InChI=1S/C15H25FN2O/c1-5-14(12-6-8-13(16)9-7-12)17-10-15(2,19)11-18(3)4/h6-9,14,17,19H,5,10-11H2,1-4H3. The molecule has 0 radical (unpaired) electrons. The molecule has 0 saturated heterocycles. The van der Waals surface area contributed by atoms with Gasteiger partial charge in [0.15, 0.2) is 0 Å². The zero-order valence-corrected chi connectivity index (χ0v) is 12.3. The second kappa shape index (κ2) is 6.98. The van der Waals surface area contributed by atoms with Crippen molar-refractivity contribution in [1.82, 2.24) is 10.2 Å². The molecule has 0 fully saturated rings. The van der Waals surface area contributed by atoms with Crippen LogP contribution in [-0.2, 0) is 0 Å². The van der Waals surface area contributed by atoms with Crippen LogP contribution in [0.1, 0.15) is 31.9 Å². The van der Waals surface area contributed by atoms with E-state index in [1.54, 1.807) is 12.1 Å². The highest BCUT2D eigenvalue weighted by Gasteiger charge is 2.22. The summed E-state index contributed by atoms with van der Waals surface area (Å²) in [7, 11) is 3.87. The van der Waals surface area contributed by atoms with E-state index in [9.17, 15) is 9.50 Å². The van der Waals surface area contributed by atoms with E-state index in [0.29, 0.717) is 13.1 Å². The maximum absolute atomic E-state index is 12.9. The van der Waals surface area contributed by atoms with Gasteiger partial charge in [0.1, 0.15) is 5.82 Å². The number of benzene rings is 1. The number of halogens is 1. The van der Waals surface area contributed by atoms with Crippen molar-refractivity contribution in [1.29, 1.82) is 0 Å². The summed E-state index contributed by atoms with van der Waals surface area (Å²) in [6.45, 7) is 4.99. The van der Waals surface area contributed by atoms with Crippen LogP contribution in [0.4, 0.5) is 4.39 Å². The number of nitrogens with one attached hydrogen (secondary N) is 1. The third-order valence-corrected chi connectivity index (χ3v) is 3.07. The van der Waals surface area contributed by atoms with Crippen molar-refractivity contribution in [2.24, 2.45) is 0 Å². The number of nitrogens with zero attached hydrogens (tertiary/aromatic N) is 1. The Bertz CT molecular complexity index is 376. The van der Waals surface area contributed by atoms with E-state index in [4.69, 9.17) is 0 Å². The van der Waals surface area contributed by atoms with Crippen molar-refractivity contribution in [3.63, 3.8) is 0 Å². The summed E-state index contributed by atoms with van der Waals surface area (Å²) < 4.78 is 12.9. The molecule has 0 aliphatic heterocycles. The first-order chi connectivity index (χ1) is 8.84. The van der Waals surface area contributed by atoms with Crippen molar-refractivity contribution in [2.45, 2.75) is 31.9 Å². The van der Waals surface area contributed by atoms with E-state index in [1.807, 2.05) is 25.9 Å². The van der Waals surface area contributed by atoms with Gasteiger partial charge in [-0.05, 0) is 45.1 Å². The molecule has 1 aromatic carbocycles. The predicted molar refractivity (Wildman–Crippen MR) is 76.6 cm³/mol. The van der Waals surface area contributed by atoms with Gasteiger partial charge in [0.05, 0.1) is 5.60 Å². The summed E-state index contributed by atoms with van der Waals surface area (Å²) in [6, 6.07) is 6.65. The Morgan fingerprint density at radius 1 is 1.32 bits per heavy atom. The Morgan fingerprint density at radius 3 is 2.37 bits per heavy atom. The van der Waals surface area contributed by atoms with Gasteiger partial charge in [-0.15, -0.1) is 0 Å². The number of rotatable bonds is 7. The molecule has 4 heteroatoms. The Morgan fingerprint density at radius 2 is 1.89 bits per heavy atom. The summed E-state index contributed by atoms with van der Waals surface area (Å²) in [5.74, 6) is -0.224. The fourth-order valence-electron chi connectivity index (χ4n) is 2.27. The Labute approximate surface area is 115 Å². The molecule has 1 aromatic rings. The maximum Gasteiger partial charge on any atom is 0.123 e. The highest BCUT2D eigenvalue weighted by Crippen LogP contribution is 2.18. The second-order valence-corrected chi connectivity index (χ2v) is 5.63. The molecule has 19 heavy (non-hydrogen) atoms. The Hall–Kier alpha value is -0.970. The third-order valence-electron chi connectivity index (χ3n) is 3.07. The van der Waals surface area contributed by atoms with Gasteiger partial charge < -0.3 is 15.3 Å². The van der Waals surface area contributed by atoms with Crippen LogP contribution in [0.3, 0.4) is 0 Å². The minimum atomic E-state index is -0.781. The highest BCUT2D eigenvalue weighted by molar-refractivity contribution is 5.19. The average Bonchev–Trinajstić information content (AvgIpc) is 2.30. The van der Waals surface area contributed by atoms with Crippen molar-refractivity contribution < 1.29 is 9.50 Å². The molecule has 1 rings (SSSR count). The maximum atomic E-state index is 12.9. The van der Waals surface area contributed by atoms with Crippen LogP contribution in [0.15, 0.2) is 24.3 Å². The van der Waals surface area contributed by atoms with Crippen molar-refractivity contribution in [3.8, 4) is 0 Å². The van der Waals surface area contributed by atoms with E-state index in [2.05, 4.69) is 12.2 Å². The normalized spacial score (nSPS) is 16.4. The summed E-state index contributed by atoms with van der Waals surface area (Å²) in [5.41, 5.74) is 0.265. The Kier molecular flexibility index (Phi) is 5.91.